The van der Waals surface area contributed by atoms with Gasteiger partial charge in [0, 0.05) is 49.1 Å². The van der Waals surface area contributed by atoms with Crippen molar-refractivity contribution < 1.29 is 9.13 Å². The van der Waals surface area contributed by atoms with Gasteiger partial charge in [-0.1, -0.05) is 19.1 Å². The molecule has 6 heteroatoms. The van der Waals surface area contributed by atoms with Crippen molar-refractivity contribution in [3.05, 3.63) is 90.3 Å². The number of halogens is 1. The molecule has 35 heavy (non-hydrogen) atoms. The highest BCUT2D eigenvalue weighted by Gasteiger charge is 2.31. The molecule has 0 aliphatic carbocycles. The lowest BCUT2D eigenvalue weighted by molar-refractivity contribution is 0.227. The molecule has 0 unspecified atom stereocenters. The van der Waals surface area contributed by atoms with Crippen LogP contribution in [-0.4, -0.2) is 39.6 Å². The summed E-state index contributed by atoms with van der Waals surface area (Å²) >= 11 is 0. The minimum absolute atomic E-state index is 0.239. The fourth-order valence-corrected chi connectivity index (χ4v) is 5.12. The Labute approximate surface area is 206 Å². The Morgan fingerprint density at radius 2 is 1.86 bits per heavy atom. The molecule has 3 heterocycles. The van der Waals surface area contributed by atoms with Gasteiger partial charge in [0.2, 0.25) is 0 Å². The van der Waals surface area contributed by atoms with Gasteiger partial charge in [-0.2, -0.15) is 0 Å². The number of hydrogen-bond donors (Lipinski definition) is 0. The van der Waals surface area contributed by atoms with E-state index in [2.05, 4.69) is 39.6 Å². The van der Waals surface area contributed by atoms with Gasteiger partial charge < -0.3 is 9.30 Å². The van der Waals surface area contributed by atoms with E-state index < -0.39 is 0 Å². The third kappa shape index (κ3) is 4.98. The van der Waals surface area contributed by atoms with E-state index in [0.29, 0.717) is 6.04 Å². The summed E-state index contributed by atoms with van der Waals surface area (Å²) in [6.45, 7) is 5.06. The number of hydrogen-bond acceptors (Lipinski definition) is 4. The van der Waals surface area contributed by atoms with Crippen molar-refractivity contribution >= 4 is 0 Å². The van der Waals surface area contributed by atoms with Crippen LogP contribution in [0, 0.1) is 5.82 Å². The number of pyridine rings is 1. The Kier molecular flexibility index (Phi) is 6.91. The number of methoxy groups -OCH3 is 1. The lowest BCUT2D eigenvalue weighted by Crippen LogP contribution is -2.30. The molecule has 180 valence electrons. The van der Waals surface area contributed by atoms with E-state index in [-0.39, 0.29) is 5.82 Å². The first-order valence-electron chi connectivity index (χ1n) is 12.3. The third-order valence-corrected chi connectivity index (χ3v) is 6.67. The predicted octanol–water partition coefficient (Wildman–Crippen LogP) is 6.16. The largest absolute Gasteiger partial charge is 0.497 e. The Morgan fingerprint density at radius 3 is 2.60 bits per heavy atom. The normalized spacial score (nSPS) is 14.9. The summed E-state index contributed by atoms with van der Waals surface area (Å²) < 4.78 is 21.5. The van der Waals surface area contributed by atoms with Crippen molar-refractivity contribution in [3.63, 3.8) is 0 Å². The molecule has 1 atom stereocenters. The first kappa shape index (κ1) is 23.2. The number of fused-ring (bicyclic) bond motifs is 1. The molecule has 0 radical (unpaired) electrons. The summed E-state index contributed by atoms with van der Waals surface area (Å²) in [6.07, 6.45) is 6.72. The SMILES string of the molecule is CCCN(Cc1cccc(OC)c1)C[C@@H]1CCc2nc(-c3ccc(F)cc3)c(-c3ccncc3)n21. The number of nitrogens with zero attached hydrogens (tertiary/aromatic N) is 4. The average Bonchev–Trinajstić information content (AvgIpc) is 3.45. The van der Waals surface area contributed by atoms with Gasteiger partial charge in [-0.25, -0.2) is 9.37 Å². The Bertz CT molecular complexity index is 1270. The van der Waals surface area contributed by atoms with Crippen LogP contribution in [0.4, 0.5) is 4.39 Å². The molecule has 0 fully saturated rings. The van der Waals surface area contributed by atoms with Gasteiger partial charge >= 0.3 is 0 Å². The summed E-state index contributed by atoms with van der Waals surface area (Å²) in [5.41, 5.74) is 5.27. The molecule has 4 aromatic rings. The fraction of sp³-hybridized carbons (Fsp3) is 0.310. The third-order valence-electron chi connectivity index (χ3n) is 6.67. The summed E-state index contributed by atoms with van der Waals surface area (Å²) in [6, 6.07) is 19.4. The molecule has 1 aliphatic heterocycles. The Morgan fingerprint density at radius 1 is 1.06 bits per heavy atom. The first-order valence-corrected chi connectivity index (χ1v) is 12.3. The molecule has 0 saturated heterocycles. The molecule has 0 spiro atoms. The minimum atomic E-state index is -0.239. The number of ether oxygens (including phenoxy) is 1. The average molecular weight is 471 g/mol. The number of aromatic nitrogens is 3. The zero-order valence-corrected chi connectivity index (χ0v) is 20.3. The topological polar surface area (TPSA) is 43.2 Å². The number of aryl methyl sites for hydroxylation is 1. The second-order valence-corrected chi connectivity index (χ2v) is 9.12. The molecule has 2 aromatic heterocycles. The second-order valence-electron chi connectivity index (χ2n) is 9.12. The molecular weight excluding hydrogens is 439 g/mol. The summed E-state index contributed by atoms with van der Waals surface area (Å²) in [5, 5.41) is 0. The predicted molar refractivity (Wildman–Crippen MR) is 137 cm³/mol. The van der Waals surface area contributed by atoms with Gasteiger partial charge in [-0.3, -0.25) is 9.88 Å². The van der Waals surface area contributed by atoms with Gasteiger partial charge in [-0.15, -0.1) is 0 Å². The van der Waals surface area contributed by atoms with Gasteiger partial charge in [0.25, 0.3) is 0 Å². The second kappa shape index (κ2) is 10.4. The van der Waals surface area contributed by atoms with Crippen molar-refractivity contribution in [1.82, 2.24) is 19.4 Å². The molecular formula is C29H31FN4O. The highest BCUT2D eigenvalue weighted by atomic mass is 19.1. The van der Waals surface area contributed by atoms with Crippen molar-refractivity contribution in [1.29, 1.82) is 0 Å². The van der Waals surface area contributed by atoms with Crippen LogP contribution in [0.3, 0.4) is 0 Å². The lowest BCUT2D eigenvalue weighted by Gasteiger charge is -2.27. The van der Waals surface area contributed by atoms with Crippen molar-refractivity contribution in [3.8, 4) is 28.3 Å². The molecule has 5 rings (SSSR count). The molecule has 0 N–H and O–H groups in total. The maximum Gasteiger partial charge on any atom is 0.123 e. The van der Waals surface area contributed by atoms with Gasteiger partial charge in [-0.05, 0) is 73.5 Å². The fourth-order valence-electron chi connectivity index (χ4n) is 5.12. The highest BCUT2D eigenvalue weighted by Crippen LogP contribution is 2.40. The van der Waals surface area contributed by atoms with E-state index in [1.165, 1.54) is 17.7 Å². The molecule has 0 amide bonds. The van der Waals surface area contributed by atoms with Crippen LogP contribution in [0.2, 0.25) is 0 Å². The number of benzene rings is 2. The lowest BCUT2D eigenvalue weighted by atomic mass is 10.0. The molecule has 0 bridgehead atoms. The maximum absolute atomic E-state index is 13.6. The molecule has 0 saturated carbocycles. The standard InChI is InChI=1S/C29H31FN4O/c1-3-17-33(19-21-5-4-6-26(18-21)35-2)20-25-11-12-27-32-28(22-7-9-24(30)10-8-22)29(34(25)27)23-13-15-31-16-14-23/h4-10,13-16,18,25H,3,11-12,17,19-20H2,1-2H3/t25-/m0/s1. The van der Waals surface area contributed by atoms with Gasteiger partial charge in [0.1, 0.15) is 17.4 Å². The maximum atomic E-state index is 13.6. The first-order chi connectivity index (χ1) is 17.2. The zero-order chi connectivity index (χ0) is 24.2. The van der Waals surface area contributed by atoms with Crippen LogP contribution in [0.5, 0.6) is 5.75 Å². The van der Waals surface area contributed by atoms with Crippen molar-refractivity contribution in [2.24, 2.45) is 0 Å². The van der Waals surface area contributed by atoms with Gasteiger partial charge in [0.15, 0.2) is 0 Å². The quantitative estimate of drug-likeness (QED) is 0.294. The van der Waals surface area contributed by atoms with E-state index in [0.717, 1.165) is 73.0 Å². The smallest absolute Gasteiger partial charge is 0.123 e. The zero-order valence-electron chi connectivity index (χ0n) is 20.3. The monoisotopic (exact) mass is 470 g/mol. The van der Waals surface area contributed by atoms with E-state index in [9.17, 15) is 4.39 Å². The van der Waals surface area contributed by atoms with Gasteiger partial charge in [0.05, 0.1) is 18.5 Å². The molecule has 1 aliphatic rings. The van der Waals surface area contributed by atoms with Crippen LogP contribution in [0.15, 0.2) is 73.1 Å². The van der Waals surface area contributed by atoms with Crippen molar-refractivity contribution in [2.45, 2.75) is 38.8 Å². The van der Waals surface area contributed by atoms with Crippen LogP contribution >= 0.6 is 0 Å². The molecule has 5 nitrogen and oxygen atoms in total. The Balaban J connectivity index is 1.50. The van der Waals surface area contributed by atoms with Crippen LogP contribution in [0.1, 0.15) is 37.2 Å². The van der Waals surface area contributed by atoms with Crippen LogP contribution < -0.4 is 4.74 Å². The number of rotatable bonds is 9. The van der Waals surface area contributed by atoms with E-state index in [1.807, 2.05) is 42.7 Å². The van der Waals surface area contributed by atoms with Crippen LogP contribution in [-0.2, 0) is 13.0 Å². The van der Waals surface area contributed by atoms with Crippen molar-refractivity contribution in [2.75, 3.05) is 20.2 Å². The van der Waals surface area contributed by atoms with Crippen LogP contribution in [0.25, 0.3) is 22.5 Å². The minimum Gasteiger partial charge on any atom is -0.497 e. The molecule has 2 aromatic carbocycles. The summed E-state index contributed by atoms with van der Waals surface area (Å²) in [4.78, 5) is 11.8. The summed E-state index contributed by atoms with van der Waals surface area (Å²) in [5.74, 6) is 1.75. The van der Waals surface area contributed by atoms with E-state index in [4.69, 9.17) is 9.72 Å². The highest BCUT2D eigenvalue weighted by molar-refractivity contribution is 5.79. The Hall–Kier alpha value is -3.51. The van der Waals surface area contributed by atoms with E-state index >= 15 is 0 Å². The summed E-state index contributed by atoms with van der Waals surface area (Å²) in [7, 11) is 1.71. The number of imidazole rings is 1. The van der Waals surface area contributed by atoms with E-state index in [1.54, 1.807) is 7.11 Å².